The predicted molar refractivity (Wildman–Crippen MR) is 56.1 cm³/mol. The third-order valence-corrected chi connectivity index (χ3v) is 2.44. The van der Waals surface area contributed by atoms with Gasteiger partial charge in [0.05, 0.1) is 0 Å². The van der Waals surface area contributed by atoms with Crippen LogP contribution in [-0.2, 0) is 4.79 Å². The van der Waals surface area contributed by atoms with Crippen LogP contribution in [0.5, 0.6) is 0 Å². The number of hydrogen-bond acceptors (Lipinski definition) is 2. The van der Waals surface area contributed by atoms with E-state index in [2.05, 4.69) is 6.92 Å². The lowest BCUT2D eigenvalue weighted by Crippen LogP contribution is -2.12. The zero-order valence-electron chi connectivity index (χ0n) is 9.36. The first-order valence-electron chi connectivity index (χ1n) is 5.28. The zero-order chi connectivity index (χ0) is 11.1. The molecule has 0 rings (SSSR count). The second-order valence-electron chi connectivity index (χ2n) is 4.57. The minimum Gasteiger partial charge on any atom is -0.481 e. The van der Waals surface area contributed by atoms with E-state index in [9.17, 15) is 4.79 Å². The summed E-state index contributed by atoms with van der Waals surface area (Å²) in [5.41, 5.74) is 0. The van der Waals surface area contributed by atoms with Gasteiger partial charge in [-0.1, -0.05) is 20.8 Å². The molecule has 0 aliphatic rings. The summed E-state index contributed by atoms with van der Waals surface area (Å²) >= 11 is 0. The van der Waals surface area contributed by atoms with Crippen LogP contribution in [0.1, 0.15) is 40.0 Å². The molecule has 0 fully saturated rings. The molecule has 0 aliphatic heterocycles. The molecule has 0 aliphatic carbocycles. The van der Waals surface area contributed by atoms with Crippen molar-refractivity contribution in [3.8, 4) is 0 Å². The molecule has 0 aromatic carbocycles. The molecule has 0 aromatic rings. The molecular weight excluding hydrogens is 180 g/mol. The fourth-order valence-corrected chi connectivity index (χ4v) is 1.93. The van der Waals surface area contributed by atoms with E-state index in [4.69, 9.17) is 10.2 Å². The molecule has 0 aromatic heterocycles. The van der Waals surface area contributed by atoms with Gasteiger partial charge in [0.15, 0.2) is 0 Å². The number of aliphatic hydroxyl groups is 1. The first kappa shape index (κ1) is 13.4. The number of aliphatic carboxylic acids is 1. The molecule has 0 heterocycles. The Bertz CT molecular complexity index is 168. The van der Waals surface area contributed by atoms with Crippen molar-refractivity contribution in [3.05, 3.63) is 0 Å². The van der Waals surface area contributed by atoms with Gasteiger partial charge in [-0.3, -0.25) is 4.79 Å². The van der Waals surface area contributed by atoms with Crippen molar-refractivity contribution in [3.63, 3.8) is 0 Å². The molecule has 0 radical (unpaired) electrons. The first-order valence-corrected chi connectivity index (χ1v) is 5.28. The highest BCUT2D eigenvalue weighted by molar-refractivity contribution is 5.66. The minimum absolute atomic E-state index is 0.220. The summed E-state index contributed by atoms with van der Waals surface area (Å²) in [5.74, 6) is 0.321. The Morgan fingerprint density at radius 3 is 2.00 bits per heavy atom. The average Bonchev–Trinajstić information content (AvgIpc) is 2.01. The number of carbonyl (C=O) groups is 1. The first-order chi connectivity index (χ1) is 6.45. The van der Waals surface area contributed by atoms with Crippen molar-refractivity contribution in [2.24, 2.45) is 17.8 Å². The number of rotatable bonds is 7. The van der Waals surface area contributed by atoms with Crippen molar-refractivity contribution in [1.82, 2.24) is 0 Å². The number of aliphatic hydroxyl groups excluding tert-OH is 1. The molecule has 3 atom stereocenters. The number of hydrogen-bond donors (Lipinski definition) is 2. The van der Waals surface area contributed by atoms with Crippen LogP contribution >= 0.6 is 0 Å². The third-order valence-electron chi connectivity index (χ3n) is 2.44. The zero-order valence-corrected chi connectivity index (χ0v) is 9.36. The Balaban J connectivity index is 3.70. The SMILES string of the molecule is C[C@@H](C[C@H](C)CO)C[C@@H](C)CC(=O)O. The quantitative estimate of drug-likeness (QED) is 0.665. The van der Waals surface area contributed by atoms with Gasteiger partial charge >= 0.3 is 5.97 Å². The lowest BCUT2D eigenvalue weighted by molar-refractivity contribution is -0.138. The number of carboxylic acid groups (broad SMARTS) is 1. The van der Waals surface area contributed by atoms with E-state index >= 15 is 0 Å². The molecule has 0 unspecified atom stereocenters. The largest absolute Gasteiger partial charge is 0.481 e. The summed E-state index contributed by atoms with van der Waals surface area (Å²) in [6.45, 7) is 6.31. The van der Waals surface area contributed by atoms with E-state index in [1.54, 1.807) is 0 Å². The smallest absolute Gasteiger partial charge is 0.303 e. The maximum Gasteiger partial charge on any atom is 0.303 e. The molecule has 2 N–H and O–H groups in total. The third kappa shape index (κ3) is 6.89. The van der Waals surface area contributed by atoms with Gasteiger partial charge in [0.25, 0.3) is 0 Å². The van der Waals surface area contributed by atoms with Gasteiger partial charge in [-0.2, -0.15) is 0 Å². The van der Waals surface area contributed by atoms with E-state index in [1.165, 1.54) is 0 Å². The maximum absolute atomic E-state index is 10.4. The molecule has 0 saturated carbocycles. The molecule has 0 saturated heterocycles. The van der Waals surface area contributed by atoms with Gasteiger partial charge in [0.1, 0.15) is 0 Å². The molecule has 3 heteroatoms. The van der Waals surface area contributed by atoms with Crippen LogP contribution in [0.4, 0.5) is 0 Å². The normalized spacial score (nSPS) is 17.4. The summed E-state index contributed by atoms with van der Waals surface area (Å²) in [4.78, 5) is 10.4. The molecule has 3 nitrogen and oxygen atoms in total. The average molecular weight is 202 g/mol. The second-order valence-corrected chi connectivity index (χ2v) is 4.57. The van der Waals surface area contributed by atoms with E-state index < -0.39 is 5.97 Å². The Kier molecular flexibility index (Phi) is 6.54. The predicted octanol–water partition coefficient (Wildman–Crippen LogP) is 2.14. The molecule has 14 heavy (non-hydrogen) atoms. The molecule has 0 amide bonds. The summed E-state index contributed by atoms with van der Waals surface area (Å²) in [6, 6.07) is 0. The van der Waals surface area contributed by atoms with Crippen molar-refractivity contribution < 1.29 is 15.0 Å². The Morgan fingerprint density at radius 1 is 1.07 bits per heavy atom. The van der Waals surface area contributed by atoms with E-state index in [0.717, 1.165) is 12.8 Å². The van der Waals surface area contributed by atoms with Gasteiger partial charge in [-0.25, -0.2) is 0 Å². The van der Waals surface area contributed by atoms with Gasteiger partial charge in [0.2, 0.25) is 0 Å². The maximum atomic E-state index is 10.4. The standard InChI is InChI=1S/C11H22O3/c1-8(5-10(3)7-12)4-9(2)6-11(13)14/h8-10,12H,4-7H2,1-3H3,(H,13,14)/t8-,9-,10+/m1/s1. The van der Waals surface area contributed by atoms with Crippen LogP contribution in [-0.4, -0.2) is 22.8 Å². The summed E-state index contributed by atoms with van der Waals surface area (Å²) in [5, 5.41) is 17.5. The van der Waals surface area contributed by atoms with Crippen molar-refractivity contribution in [1.29, 1.82) is 0 Å². The van der Waals surface area contributed by atoms with E-state index in [1.807, 2.05) is 13.8 Å². The highest BCUT2D eigenvalue weighted by atomic mass is 16.4. The summed E-state index contributed by atoms with van der Waals surface area (Å²) in [7, 11) is 0. The van der Waals surface area contributed by atoms with Crippen LogP contribution in [0.2, 0.25) is 0 Å². The molecule has 0 spiro atoms. The summed E-state index contributed by atoms with van der Waals surface area (Å²) < 4.78 is 0. The van der Waals surface area contributed by atoms with Gasteiger partial charge in [-0.05, 0) is 30.6 Å². The van der Waals surface area contributed by atoms with Crippen molar-refractivity contribution >= 4 is 5.97 Å². The molecule has 84 valence electrons. The van der Waals surface area contributed by atoms with Crippen LogP contribution in [0.3, 0.4) is 0 Å². The molecule has 0 bridgehead atoms. The van der Waals surface area contributed by atoms with Gasteiger partial charge < -0.3 is 10.2 Å². The molecular formula is C11H22O3. The Labute approximate surface area is 86.1 Å². The van der Waals surface area contributed by atoms with Crippen LogP contribution in [0.25, 0.3) is 0 Å². The van der Waals surface area contributed by atoms with Crippen LogP contribution in [0, 0.1) is 17.8 Å². The van der Waals surface area contributed by atoms with Crippen LogP contribution in [0.15, 0.2) is 0 Å². The lowest BCUT2D eigenvalue weighted by atomic mass is 9.88. The summed E-state index contributed by atoms with van der Waals surface area (Å²) in [6.07, 6.45) is 2.15. The minimum atomic E-state index is -0.722. The lowest BCUT2D eigenvalue weighted by Gasteiger charge is -2.18. The highest BCUT2D eigenvalue weighted by Crippen LogP contribution is 2.21. The van der Waals surface area contributed by atoms with Crippen molar-refractivity contribution in [2.75, 3.05) is 6.61 Å². The Hall–Kier alpha value is -0.570. The van der Waals surface area contributed by atoms with E-state index in [0.29, 0.717) is 11.8 Å². The highest BCUT2D eigenvalue weighted by Gasteiger charge is 2.14. The fourth-order valence-electron chi connectivity index (χ4n) is 1.93. The van der Waals surface area contributed by atoms with Gasteiger partial charge in [0, 0.05) is 13.0 Å². The van der Waals surface area contributed by atoms with Crippen LogP contribution < -0.4 is 0 Å². The second kappa shape index (κ2) is 6.82. The van der Waals surface area contributed by atoms with Gasteiger partial charge in [-0.15, -0.1) is 0 Å². The van der Waals surface area contributed by atoms with Crippen molar-refractivity contribution in [2.45, 2.75) is 40.0 Å². The topological polar surface area (TPSA) is 57.5 Å². The monoisotopic (exact) mass is 202 g/mol. The van der Waals surface area contributed by atoms with E-state index in [-0.39, 0.29) is 18.9 Å². The fraction of sp³-hybridized carbons (Fsp3) is 0.909. The Morgan fingerprint density at radius 2 is 1.57 bits per heavy atom. The number of carboxylic acids is 1.